The van der Waals surface area contributed by atoms with Crippen LogP contribution in [0, 0.1) is 6.92 Å². The summed E-state index contributed by atoms with van der Waals surface area (Å²) in [5.41, 5.74) is 2.45. The van der Waals surface area contributed by atoms with Crippen LogP contribution in [0.15, 0.2) is 29.2 Å². The molecule has 0 spiro atoms. The molecule has 1 fully saturated rings. The van der Waals surface area contributed by atoms with Crippen molar-refractivity contribution >= 4 is 21.7 Å². The number of hydrogen-bond donors (Lipinski definition) is 2. The Balaban J connectivity index is 1.34. The van der Waals surface area contributed by atoms with Crippen molar-refractivity contribution in [2.24, 2.45) is 0 Å². The molecular formula is C22H31N5O2S. The Labute approximate surface area is 179 Å². The summed E-state index contributed by atoms with van der Waals surface area (Å²) < 4.78 is 28.0. The van der Waals surface area contributed by atoms with Gasteiger partial charge in [0.2, 0.25) is 10.0 Å². The fourth-order valence-corrected chi connectivity index (χ4v) is 5.35. The quantitative estimate of drug-likeness (QED) is 0.658. The summed E-state index contributed by atoms with van der Waals surface area (Å²) in [7, 11) is -3.51. The maximum absolute atomic E-state index is 12.7. The first-order valence-electron chi connectivity index (χ1n) is 11.0. The minimum absolute atomic E-state index is 0.293. The first-order chi connectivity index (χ1) is 14.5. The second kappa shape index (κ2) is 9.31. The standard InChI is InChI=1S/C22H31N5O2S/c1-17-25-21(16-22(26-17)27-13-5-2-6-14-27)23-11-12-24-30(28,29)20-10-9-18-7-3-4-8-19(18)15-20/h9-10,15-16,24H,2-8,11-14H2,1H3,(H,23,25,26). The predicted octanol–water partition coefficient (Wildman–Crippen LogP) is 3.04. The first-order valence-corrected chi connectivity index (χ1v) is 12.5. The van der Waals surface area contributed by atoms with E-state index in [2.05, 4.69) is 24.9 Å². The average molecular weight is 430 g/mol. The van der Waals surface area contributed by atoms with Crippen LogP contribution in [0.3, 0.4) is 0 Å². The summed E-state index contributed by atoms with van der Waals surface area (Å²) in [4.78, 5) is 11.7. The number of piperidine rings is 1. The molecule has 2 aliphatic rings. The smallest absolute Gasteiger partial charge is 0.240 e. The lowest BCUT2D eigenvalue weighted by atomic mass is 9.92. The number of aryl methyl sites for hydroxylation is 3. The number of nitrogens with zero attached hydrogens (tertiary/aromatic N) is 3. The normalized spacial score (nSPS) is 16.9. The van der Waals surface area contributed by atoms with Gasteiger partial charge in [-0.05, 0) is 75.1 Å². The number of fused-ring (bicyclic) bond motifs is 1. The third kappa shape index (κ3) is 5.10. The van der Waals surface area contributed by atoms with Crippen molar-refractivity contribution in [1.29, 1.82) is 0 Å². The van der Waals surface area contributed by atoms with E-state index in [1.54, 1.807) is 6.07 Å². The van der Waals surface area contributed by atoms with Gasteiger partial charge in [0.15, 0.2) is 0 Å². The Morgan fingerprint density at radius 3 is 2.50 bits per heavy atom. The zero-order valence-electron chi connectivity index (χ0n) is 17.7. The van der Waals surface area contributed by atoms with E-state index in [0.29, 0.717) is 18.0 Å². The summed E-state index contributed by atoms with van der Waals surface area (Å²) in [6, 6.07) is 7.48. The summed E-state index contributed by atoms with van der Waals surface area (Å²) in [5.74, 6) is 2.39. The topological polar surface area (TPSA) is 87.2 Å². The highest BCUT2D eigenvalue weighted by Gasteiger charge is 2.18. The van der Waals surface area contributed by atoms with Gasteiger partial charge in [0.05, 0.1) is 4.90 Å². The number of hydrogen-bond acceptors (Lipinski definition) is 6. The fraction of sp³-hybridized carbons (Fsp3) is 0.545. The lowest BCUT2D eigenvalue weighted by Crippen LogP contribution is -2.31. The largest absolute Gasteiger partial charge is 0.369 e. The summed E-state index contributed by atoms with van der Waals surface area (Å²) >= 11 is 0. The van der Waals surface area contributed by atoms with E-state index in [1.807, 2.05) is 25.1 Å². The molecule has 0 unspecified atom stereocenters. The van der Waals surface area contributed by atoms with E-state index in [4.69, 9.17) is 0 Å². The maximum Gasteiger partial charge on any atom is 0.240 e. The minimum atomic E-state index is -3.51. The highest BCUT2D eigenvalue weighted by atomic mass is 32.2. The van der Waals surface area contributed by atoms with Gasteiger partial charge in [0, 0.05) is 32.2 Å². The van der Waals surface area contributed by atoms with Gasteiger partial charge in [-0.1, -0.05) is 6.07 Å². The highest BCUT2D eigenvalue weighted by molar-refractivity contribution is 7.89. The van der Waals surface area contributed by atoms with Crippen LogP contribution >= 0.6 is 0 Å². The molecular weight excluding hydrogens is 398 g/mol. The Morgan fingerprint density at radius 2 is 1.70 bits per heavy atom. The van der Waals surface area contributed by atoms with Crippen LogP contribution in [0.4, 0.5) is 11.6 Å². The number of benzene rings is 1. The number of anilines is 2. The molecule has 2 aromatic rings. The molecule has 1 saturated heterocycles. The molecule has 0 bridgehead atoms. The van der Waals surface area contributed by atoms with Gasteiger partial charge in [-0.3, -0.25) is 0 Å². The van der Waals surface area contributed by atoms with Crippen molar-refractivity contribution in [2.45, 2.75) is 56.8 Å². The van der Waals surface area contributed by atoms with Gasteiger partial charge < -0.3 is 10.2 Å². The first kappa shape index (κ1) is 21.1. The Hall–Kier alpha value is -2.19. The molecule has 1 aromatic carbocycles. The fourth-order valence-electron chi connectivity index (χ4n) is 4.26. The van der Waals surface area contributed by atoms with Crippen molar-refractivity contribution < 1.29 is 8.42 Å². The predicted molar refractivity (Wildman–Crippen MR) is 120 cm³/mol. The van der Waals surface area contributed by atoms with Crippen molar-refractivity contribution in [2.75, 3.05) is 36.4 Å². The third-order valence-corrected chi connectivity index (χ3v) is 7.32. The zero-order valence-corrected chi connectivity index (χ0v) is 18.5. The molecule has 1 aliphatic heterocycles. The molecule has 30 heavy (non-hydrogen) atoms. The summed E-state index contributed by atoms with van der Waals surface area (Å²) in [6.07, 6.45) is 7.98. The van der Waals surface area contributed by atoms with Crippen LogP contribution in [0.2, 0.25) is 0 Å². The van der Waals surface area contributed by atoms with Gasteiger partial charge >= 0.3 is 0 Å². The van der Waals surface area contributed by atoms with Crippen LogP contribution in [0.25, 0.3) is 0 Å². The van der Waals surface area contributed by atoms with Crippen molar-refractivity contribution in [3.63, 3.8) is 0 Å². The highest BCUT2D eigenvalue weighted by Crippen LogP contribution is 2.24. The Bertz CT molecular complexity index is 987. The lowest BCUT2D eigenvalue weighted by molar-refractivity contribution is 0.572. The van der Waals surface area contributed by atoms with E-state index in [0.717, 1.165) is 49.8 Å². The molecule has 1 aliphatic carbocycles. The van der Waals surface area contributed by atoms with Gasteiger partial charge in [0.25, 0.3) is 0 Å². The van der Waals surface area contributed by atoms with Crippen LogP contribution in [-0.4, -0.2) is 44.6 Å². The van der Waals surface area contributed by atoms with Crippen LogP contribution in [0.1, 0.15) is 49.1 Å². The molecule has 4 rings (SSSR count). The van der Waals surface area contributed by atoms with Gasteiger partial charge in [-0.2, -0.15) is 0 Å². The van der Waals surface area contributed by atoms with E-state index in [-0.39, 0.29) is 0 Å². The van der Waals surface area contributed by atoms with Crippen molar-refractivity contribution in [3.8, 4) is 0 Å². The van der Waals surface area contributed by atoms with Gasteiger partial charge in [-0.25, -0.2) is 23.1 Å². The van der Waals surface area contributed by atoms with Crippen LogP contribution < -0.4 is 14.9 Å². The third-order valence-electron chi connectivity index (χ3n) is 5.86. The monoisotopic (exact) mass is 429 g/mol. The van der Waals surface area contributed by atoms with Crippen LogP contribution in [-0.2, 0) is 22.9 Å². The summed E-state index contributed by atoms with van der Waals surface area (Å²) in [5, 5.41) is 3.23. The number of sulfonamides is 1. The number of aromatic nitrogens is 2. The average Bonchev–Trinajstić information content (AvgIpc) is 2.77. The molecule has 8 heteroatoms. The molecule has 162 valence electrons. The second-order valence-electron chi connectivity index (χ2n) is 8.17. The van der Waals surface area contributed by atoms with Gasteiger partial charge in [0.1, 0.15) is 17.5 Å². The minimum Gasteiger partial charge on any atom is -0.369 e. The molecule has 7 nitrogen and oxygen atoms in total. The van der Waals surface area contributed by atoms with Crippen molar-refractivity contribution in [1.82, 2.24) is 14.7 Å². The van der Waals surface area contributed by atoms with Crippen LogP contribution in [0.5, 0.6) is 0 Å². The molecule has 2 N–H and O–H groups in total. The van der Waals surface area contributed by atoms with Gasteiger partial charge in [-0.15, -0.1) is 0 Å². The maximum atomic E-state index is 12.7. The molecule has 2 heterocycles. The number of rotatable bonds is 7. The van der Waals surface area contributed by atoms with E-state index in [1.165, 1.54) is 36.8 Å². The summed E-state index contributed by atoms with van der Waals surface area (Å²) in [6.45, 7) is 4.69. The van der Waals surface area contributed by atoms with E-state index >= 15 is 0 Å². The molecule has 0 radical (unpaired) electrons. The second-order valence-corrected chi connectivity index (χ2v) is 9.94. The lowest BCUT2D eigenvalue weighted by Gasteiger charge is -2.28. The molecule has 0 amide bonds. The Morgan fingerprint density at radius 1 is 0.933 bits per heavy atom. The number of nitrogens with one attached hydrogen (secondary N) is 2. The molecule has 1 aromatic heterocycles. The molecule has 0 saturated carbocycles. The van der Waals surface area contributed by atoms with Crippen molar-refractivity contribution in [3.05, 3.63) is 41.2 Å². The van der Waals surface area contributed by atoms with E-state index < -0.39 is 10.0 Å². The van der Waals surface area contributed by atoms with E-state index in [9.17, 15) is 8.42 Å². The SMILES string of the molecule is Cc1nc(NCCNS(=O)(=O)c2ccc3c(c2)CCCC3)cc(N2CCCCC2)n1. The zero-order chi connectivity index (χ0) is 21.0. The Kier molecular flexibility index (Phi) is 6.53. The molecule has 0 atom stereocenters.